The molecule has 4 unspecified atom stereocenters. The summed E-state index contributed by atoms with van der Waals surface area (Å²) >= 11 is 0. The van der Waals surface area contributed by atoms with Crippen molar-refractivity contribution in [1.82, 2.24) is 0 Å². The molecule has 0 aliphatic heterocycles. The van der Waals surface area contributed by atoms with Crippen LogP contribution in [0.1, 0.15) is 52.4 Å². The highest BCUT2D eigenvalue weighted by Gasteiger charge is 2.58. The number of fused-ring (bicyclic) bond motifs is 1. The van der Waals surface area contributed by atoms with Gasteiger partial charge in [0.25, 0.3) is 0 Å². The van der Waals surface area contributed by atoms with Crippen LogP contribution in [-0.4, -0.2) is 6.29 Å². The van der Waals surface area contributed by atoms with Gasteiger partial charge in [-0.25, -0.2) is 0 Å². The highest BCUT2D eigenvalue weighted by molar-refractivity contribution is 5.75. The predicted molar refractivity (Wildman–Crippen MR) is 65.0 cm³/mol. The molecule has 2 fully saturated rings. The summed E-state index contributed by atoms with van der Waals surface area (Å²) in [5, 5.41) is 0. The third kappa shape index (κ3) is 1.10. The Bertz CT molecular complexity index is 356. The minimum absolute atomic E-state index is 0.313. The van der Waals surface area contributed by atoms with E-state index in [9.17, 15) is 4.79 Å². The molecule has 0 amide bonds. The van der Waals surface area contributed by atoms with E-state index in [-0.39, 0.29) is 0 Å². The molecule has 0 saturated heterocycles. The quantitative estimate of drug-likeness (QED) is 0.613. The molecule has 0 radical (unpaired) electrons. The first-order valence-electron chi connectivity index (χ1n) is 6.79. The van der Waals surface area contributed by atoms with Gasteiger partial charge in [0.2, 0.25) is 0 Å². The first kappa shape index (κ1) is 10.6. The van der Waals surface area contributed by atoms with Crippen molar-refractivity contribution in [2.24, 2.45) is 22.7 Å². The molecule has 4 atom stereocenters. The summed E-state index contributed by atoms with van der Waals surface area (Å²) in [7, 11) is 0. The first-order chi connectivity index (χ1) is 7.61. The van der Waals surface area contributed by atoms with E-state index in [1.54, 1.807) is 0 Å². The van der Waals surface area contributed by atoms with E-state index in [2.05, 4.69) is 19.9 Å². The lowest BCUT2D eigenvalue weighted by Gasteiger charge is -2.55. The van der Waals surface area contributed by atoms with Crippen LogP contribution in [0, 0.1) is 22.7 Å². The lowest BCUT2D eigenvalue weighted by molar-refractivity contribution is -0.106. The highest BCUT2D eigenvalue weighted by atomic mass is 16.1. The van der Waals surface area contributed by atoms with Gasteiger partial charge in [-0.3, -0.25) is 4.79 Å². The van der Waals surface area contributed by atoms with Crippen molar-refractivity contribution in [3.63, 3.8) is 0 Å². The average molecular weight is 218 g/mol. The van der Waals surface area contributed by atoms with E-state index in [4.69, 9.17) is 0 Å². The molecule has 2 saturated carbocycles. The van der Waals surface area contributed by atoms with Crippen molar-refractivity contribution in [3.05, 3.63) is 11.6 Å². The van der Waals surface area contributed by atoms with E-state index < -0.39 is 0 Å². The Morgan fingerprint density at radius 3 is 2.94 bits per heavy atom. The fourth-order valence-electron chi connectivity index (χ4n) is 5.02. The Morgan fingerprint density at radius 2 is 2.19 bits per heavy atom. The van der Waals surface area contributed by atoms with Crippen molar-refractivity contribution < 1.29 is 4.79 Å². The summed E-state index contributed by atoms with van der Waals surface area (Å²) in [4.78, 5) is 11.2. The molecule has 88 valence electrons. The van der Waals surface area contributed by atoms with Gasteiger partial charge in [-0.15, -0.1) is 0 Å². The number of aldehydes is 1. The van der Waals surface area contributed by atoms with Crippen molar-refractivity contribution in [3.8, 4) is 0 Å². The van der Waals surface area contributed by atoms with Gasteiger partial charge in [0.15, 0.2) is 0 Å². The van der Waals surface area contributed by atoms with Crippen LogP contribution in [-0.2, 0) is 4.79 Å². The Hall–Kier alpha value is -0.590. The van der Waals surface area contributed by atoms with Crippen LogP contribution in [0.3, 0.4) is 0 Å². The Morgan fingerprint density at radius 1 is 1.38 bits per heavy atom. The molecule has 0 aromatic carbocycles. The largest absolute Gasteiger partial charge is 0.298 e. The number of hydrogen-bond donors (Lipinski definition) is 0. The zero-order chi connectivity index (χ0) is 11.4. The standard InChI is InChI=1S/C15H22O/c1-11-4-3-6-14(2)8-13(10-16)12-5-7-15(11,14)9-12/h8,10-12H,3-7,9H2,1-2H3. The molecular formula is C15H22O. The van der Waals surface area contributed by atoms with Gasteiger partial charge in [0.1, 0.15) is 6.29 Å². The molecule has 3 aliphatic rings. The maximum Gasteiger partial charge on any atom is 0.146 e. The van der Waals surface area contributed by atoms with Gasteiger partial charge in [0.05, 0.1) is 0 Å². The first-order valence-corrected chi connectivity index (χ1v) is 6.79. The van der Waals surface area contributed by atoms with Gasteiger partial charge in [0, 0.05) is 0 Å². The van der Waals surface area contributed by atoms with Crippen molar-refractivity contribution >= 4 is 6.29 Å². The SMILES string of the molecule is CC1CCCC2(C)C=C(C=O)C3CCC12C3. The lowest BCUT2D eigenvalue weighted by atomic mass is 9.49. The molecule has 0 N–H and O–H groups in total. The third-order valence-corrected chi connectivity index (χ3v) is 6.06. The van der Waals surface area contributed by atoms with Gasteiger partial charge in [-0.2, -0.15) is 0 Å². The lowest BCUT2D eigenvalue weighted by Crippen LogP contribution is -2.47. The van der Waals surface area contributed by atoms with Crippen LogP contribution in [0.2, 0.25) is 0 Å². The van der Waals surface area contributed by atoms with Crippen LogP contribution < -0.4 is 0 Å². The van der Waals surface area contributed by atoms with Crippen LogP contribution >= 0.6 is 0 Å². The highest BCUT2D eigenvalue weighted by Crippen LogP contribution is 2.67. The predicted octanol–water partition coefficient (Wildman–Crippen LogP) is 3.74. The van der Waals surface area contributed by atoms with Gasteiger partial charge >= 0.3 is 0 Å². The maximum atomic E-state index is 11.2. The molecule has 0 aromatic rings. The van der Waals surface area contributed by atoms with Crippen LogP contribution in [0.15, 0.2) is 11.6 Å². The van der Waals surface area contributed by atoms with E-state index in [1.165, 1.54) is 38.5 Å². The summed E-state index contributed by atoms with van der Waals surface area (Å²) in [5.74, 6) is 1.44. The average Bonchev–Trinajstić information content (AvgIpc) is 2.66. The summed E-state index contributed by atoms with van der Waals surface area (Å²) in [5.41, 5.74) is 1.96. The van der Waals surface area contributed by atoms with Gasteiger partial charge < -0.3 is 0 Å². The number of hydrogen-bond acceptors (Lipinski definition) is 1. The van der Waals surface area contributed by atoms with Gasteiger partial charge in [-0.1, -0.05) is 32.8 Å². The second-order valence-electron chi connectivity index (χ2n) is 6.57. The fraction of sp³-hybridized carbons (Fsp3) is 0.800. The molecule has 0 aromatic heterocycles. The number of rotatable bonds is 1. The third-order valence-electron chi connectivity index (χ3n) is 6.06. The minimum Gasteiger partial charge on any atom is -0.298 e. The van der Waals surface area contributed by atoms with Crippen molar-refractivity contribution in [1.29, 1.82) is 0 Å². The molecule has 16 heavy (non-hydrogen) atoms. The summed E-state index contributed by atoms with van der Waals surface area (Å²) in [6.45, 7) is 4.85. The zero-order valence-corrected chi connectivity index (χ0v) is 10.5. The normalized spacial score (nSPS) is 50.8. The molecule has 1 spiro atoms. The zero-order valence-electron chi connectivity index (χ0n) is 10.5. The van der Waals surface area contributed by atoms with Crippen LogP contribution in [0.4, 0.5) is 0 Å². The molecule has 3 rings (SSSR count). The van der Waals surface area contributed by atoms with E-state index in [0.29, 0.717) is 16.7 Å². The Kier molecular flexibility index (Phi) is 2.12. The number of carbonyl (C=O) groups is 1. The molecule has 0 heterocycles. The smallest absolute Gasteiger partial charge is 0.146 e. The summed E-state index contributed by atoms with van der Waals surface area (Å²) < 4.78 is 0. The molecular weight excluding hydrogens is 196 g/mol. The monoisotopic (exact) mass is 218 g/mol. The minimum atomic E-state index is 0.313. The number of carbonyl (C=O) groups excluding carboxylic acids is 1. The van der Waals surface area contributed by atoms with Crippen LogP contribution in [0.5, 0.6) is 0 Å². The van der Waals surface area contributed by atoms with Crippen LogP contribution in [0.25, 0.3) is 0 Å². The summed E-state index contributed by atoms with van der Waals surface area (Å²) in [6, 6.07) is 0. The molecule has 3 aliphatic carbocycles. The van der Waals surface area contributed by atoms with E-state index in [1.807, 2.05) is 0 Å². The van der Waals surface area contributed by atoms with Crippen molar-refractivity contribution in [2.75, 3.05) is 0 Å². The Labute approximate surface area is 98.3 Å². The summed E-state index contributed by atoms with van der Waals surface area (Å²) in [6.07, 6.45) is 11.4. The van der Waals surface area contributed by atoms with Crippen molar-refractivity contribution in [2.45, 2.75) is 52.4 Å². The fourth-order valence-corrected chi connectivity index (χ4v) is 5.02. The van der Waals surface area contributed by atoms with Gasteiger partial charge in [-0.05, 0) is 53.9 Å². The Balaban J connectivity index is 2.10. The second-order valence-corrected chi connectivity index (χ2v) is 6.57. The second kappa shape index (κ2) is 3.21. The topological polar surface area (TPSA) is 17.1 Å². The number of allylic oxidation sites excluding steroid dienone is 2. The molecule has 1 heteroatoms. The van der Waals surface area contributed by atoms with E-state index in [0.717, 1.165) is 17.8 Å². The maximum absolute atomic E-state index is 11.2. The molecule has 1 nitrogen and oxygen atoms in total. The van der Waals surface area contributed by atoms with E-state index >= 15 is 0 Å². The molecule has 2 bridgehead atoms.